The van der Waals surface area contributed by atoms with E-state index in [-0.39, 0.29) is 81.2 Å². The summed E-state index contributed by atoms with van der Waals surface area (Å²) in [6.07, 6.45) is 0. The molecule has 0 aromatic rings. The van der Waals surface area contributed by atoms with Gasteiger partial charge >= 0.3 is 107 Å². The molecule has 5 nitrogen and oxygen atoms in total. The third kappa shape index (κ3) is 6.79. The van der Waals surface area contributed by atoms with Crippen molar-refractivity contribution in [1.82, 2.24) is 0 Å². The van der Waals surface area contributed by atoms with Crippen LogP contribution in [0.4, 0.5) is 26.3 Å². The third-order valence-electron chi connectivity index (χ3n) is 0.746. The van der Waals surface area contributed by atoms with Crippen LogP contribution in [0.2, 0.25) is 0 Å². The van der Waals surface area contributed by atoms with E-state index in [0.717, 1.165) is 0 Å². The van der Waals surface area contributed by atoms with E-state index in [2.05, 4.69) is 0 Å². The molecule has 0 aliphatic carbocycles. The minimum atomic E-state index is -6.85. The van der Waals surface area contributed by atoms with Crippen LogP contribution < -0.4 is 0 Å². The van der Waals surface area contributed by atoms with Crippen LogP contribution in [0.1, 0.15) is 5.71 Å². The van der Waals surface area contributed by atoms with E-state index in [4.69, 9.17) is 0 Å². The summed E-state index contributed by atoms with van der Waals surface area (Å²) in [5.74, 6) is 0. The van der Waals surface area contributed by atoms with Crippen molar-refractivity contribution in [2.24, 2.45) is 0 Å². The van der Waals surface area contributed by atoms with E-state index in [9.17, 15) is 43.2 Å². The predicted octanol–water partition coefficient (Wildman–Crippen LogP) is 0.391. The zero-order valence-electron chi connectivity index (χ0n) is 11.5. The molecule has 100 valence electrons. The van der Waals surface area contributed by atoms with Gasteiger partial charge in [0.05, 0.1) is 0 Å². The van der Waals surface area contributed by atoms with Crippen molar-refractivity contribution < 1.29 is 52.5 Å². The number of rotatable bonds is 2. The summed E-state index contributed by atoms with van der Waals surface area (Å²) in [5.41, 5.74) is -12.5. The first-order chi connectivity index (χ1) is 6.21. The fraction of sp³-hybridized carbons (Fsp3) is 1.00. The van der Waals surface area contributed by atoms with Crippen molar-refractivity contribution in [3.63, 3.8) is 0 Å². The molecule has 15 heteroatoms. The number of hydrogen-bond acceptors (Lipinski definition) is 5. The second kappa shape index (κ2) is 7.11. The Morgan fingerprint density at radius 2 is 0.882 bits per heavy atom. The number of hydrogen-bond donors (Lipinski definition) is 0. The quantitative estimate of drug-likeness (QED) is 0.401. The molecule has 0 amide bonds. The molecule has 0 bridgehead atoms. The van der Waals surface area contributed by atoms with Crippen LogP contribution in [0.25, 0.3) is 0 Å². The average molecular weight is 366 g/mol. The Balaban J connectivity index is -0.0000000653. The van der Waals surface area contributed by atoms with Crippen molar-refractivity contribution in [2.75, 3.05) is 0 Å². The number of alkyl halides is 6. The standard InChI is InChI=1S/C2F6O5S2.2Ca.4H/c3-1(4,5)14(9,10)13-15(11,12)2(6,7)8;;;;;;/q;2*+2;4*-1. The van der Waals surface area contributed by atoms with Gasteiger partial charge in [-0.05, 0) is 0 Å². The van der Waals surface area contributed by atoms with E-state index in [1.807, 2.05) is 3.63 Å². The molecule has 0 saturated carbocycles. The Hall–Kier alpha value is 1.96. The first-order valence-corrected chi connectivity index (χ1v) is 5.36. The first kappa shape index (κ1) is 24.0. The SMILES string of the molecule is O=S(=O)(OS(=O)(=O)C(F)(F)F)C(F)(F)F.[Ca+2].[Ca+2].[H-].[H-].[H-].[H-]. The molecule has 0 N–H and O–H groups in total. The van der Waals surface area contributed by atoms with Gasteiger partial charge in [0.2, 0.25) is 0 Å². The monoisotopic (exact) mass is 366 g/mol. The minimum absolute atomic E-state index is 0. The fourth-order valence-corrected chi connectivity index (χ4v) is 1.76. The molecule has 0 radical (unpaired) electrons. The molecule has 0 aromatic carbocycles. The van der Waals surface area contributed by atoms with Crippen molar-refractivity contribution in [2.45, 2.75) is 11.0 Å². The molecule has 17 heavy (non-hydrogen) atoms. The smallest absolute Gasteiger partial charge is 1.00 e. The summed E-state index contributed by atoms with van der Waals surface area (Å²) in [4.78, 5) is 0. The molecule has 0 aliphatic rings. The molecule has 0 aromatic heterocycles. The summed E-state index contributed by atoms with van der Waals surface area (Å²) in [6, 6.07) is 0. The molecule has 0 fully saturated rings. The van der Waals surface area contributed by atoms with Gasteiger partial charge in [0.15, 0.2) is 0 Å². The summed E-state index contributed by atoms with van der Waals surface area (Å²) in [5, 5.41) is 0. The Labute approximate surface area is 157 Å². The average Bonchev–Trinajstić information content (AvgIpc) is 1.77. The van der Waals surface area contributed by atoms with Crippen LogP contribution in [0.15, 0.2) is 0 Å². The van der Waals surface area contributed by atoms with E-state index in [0.29, 0.717) is 0 Å². The normalized spacial score (nSPS) is 13.5. The Morgan fingerprint density at radius 3 is 1.00 bits per heavy atom. The van der Waals surface area contributed by atoms with Crippen molar-refractivity contribution in [3.05, 3.63) is 0 Å². The van der Waals surface area contributed by atoms with Gasteiger partial charge in [-0.3, -0.25) is 0 Å². The molecule has 0 aliphatic heterocycles. The summed E-state index contributed by atoms with van der Waals surface area (Å²) in [7, 11) is -13.7. The molecular weight excluding hydrogens is 362 g/mol. The first-order valence-electron chi connectivity index (χ1n) is 2.54. The van der Waals surface area contributed by atoms with E-state index >= 15 is 0 Å². The maximum Gasteiger partial charge on any atom is 2.00 e. The second-order valence-corrected chi connectivity index (χ2v) is 5.15. The van der Waals surface area contributed by atoms with Gasteiger partial charge < -0.3 is 5.71 Å². The van der Waals surface area contributed by atoms with Crippen LogP contribution in [-0.4, -0.2) is 103 Å². The molecule has 0 spiro atoms. The third-order valence-corrected chi connectivity index (χ3v) is 3.31. The molecule has 0 atom stereocenters. The van der Waals surface area contributed by atoms with Gasteiger partial charge in [-0.15, -0.1) is 3.63 Å². The van der Waals surface area contributed by atoms with Gasteiger partial charge in [-0.25, -0.2) is 0 Å². The molecule has 0 heterocycles. The van der Waals surface area contributed by atoms with Crippen LogP contribution in [0.3, 0.4) is 0 Å². The van der Waals surface area contributed by atoms with Crippen LogP contribution in [-0.2, 0) is 23.9 Å². The summed E-state index contributed by atoms with van der Waals surface area (Å²) in [6.45, 7) is 0. The summed E-state index contributed by atoms with van der Waals surface area (Å²) < 4.78 is 110. The topological polar surface area (TPSA) is 77.5 Å². The van der Waals surface area contributed by atoms with Gasteiger partial charge in [-0.1, -0.05) is 0 Å². The van der Waals surface area contributed by atoms with Crippen LogP contribution >= 0.6 is 0 Å². The Bertz CT molecular complexity index is 405. The van der Waals surface area contributed by atoms with Gasteiger partial charge in [0.1, 0.15) is 0 Å². The molecular formula is C2H4Ca2F6O5S2. The van der Waals surface area contributed by atoms with Crippen LogP contribution in [0, 0.1) is 0 Å². The van der Waals surface area contributed by atoms with Crippen molar-refractivity contribution in [3.8, 4) is 0 Å². The van der Waals surface area contributed by atoms with E-state index in [1.165, 1.54) is 0 Å². The molecule has 0 saturated heterocycles. The van der Waals surface area contributed by atoms with E-state index in [1.54, 1.807) is 0 Å². The maximum absolute atomic E-state index is 11.4. The zero-order chi connectivity index (χ0) is 12.7. The molecule has 0 rings (SSSR count). The second-order valence-electron chi connectivity index (χ2n) is 1.87. The Morgan fingerprint density at radius 1 is 0.706 bits per heavy atom. The minimum Gasteiger partial charge on any atom is -1.00 e. The van der Waals surface area contributed by atoms with Crippen LogP contribution in [0.5, 0.6) is 0 Å². The van der Waals surface area contributed by atoms with Gasteiger partial charge in [0, 0.05) is 0 Å². The van der Waals surface area contributed by atoms with Gasteiger partial charge in [0.25, 0.3) is 0 Å². The zero-order valence-corrected chi connectivity index (χ0v) is 13.6. The molecule has 0 unspecified atom stereocenters. The van der Waals surface area contributed by atoms with Crippen molar-refractivity contribution in [1.29, 1.82) is 0 Å². The summed E-state index contributed by atoms with van der Waals surface area (Å²) >= 11 is 0. The predicted molar refractivity (Wildman–Crippen MR) is 47.0 cm³/mol. The van der Waals surface area contributed by atoms with Gasteiger partial charge in [-0.2, -0.15) is 43.2 Å². The fourth-order valence-electron chi connectivity index (χ4n) is 0.195. The van der Waals surface area contributed by atoms with Crippen molar-refractivity contribution >= 4 is 95.7 Å². The number of halogens is 6. The largest absolute Gasteiger partial charge is 2.00 e. The van der Waals surface area contributed by atoms with E-state index < -0.39 is 31.3 Å². The Kier molecular flexibility index (Phi) is 10.0. The maximum atomic E-state index is 11.4.